The molecule has 1 saturated heterocycles. The third-order valence-corrected chi connectivity index (χ3v) is 2.41. The molecule has 0 aromatic rings. The molecule has 0 unspecified atom stereocenters. The van der Waals surface area contributed by atoms with Gasteiger partial charge in [0, 0.05) is 11.5 Å². The van der Waals surface area contributed by atoms with E-state index < -0.39 is 29.7 Å². The summed E-state index contributed by atoms with van der Waals surface area (Å²) in [5, 5.41) is 12.5. The van der Waals surface area contributed by atoms with Crippen molar-refractivity contribution in [1.29, 1.82) is 0 Å². The molecule has 2 atom stereocenters. The number of hydrogen-bond acceptors (Lipinski definition) is 4. The highest BCUT2D eigenvalue weighted by Gasteiger charge is 2.41. The molecule has 1 aliphatic heterocycles. The van der Waals surface area contributed by atoms with Gasteiger partial charge in [0.05, 0.1) is 6.04 Å². The van der Waals surface area contributed by atoms with Crippen molar-refractivity contribution >= 4 is 12.1 Å². The van der Waals surface area contributed by atoms with E-state index in [4.69, 9.17) is 15.4 Å². The third kappa shape index (κ3) is 3.53. The molecule has 1 heterocycles. The maximum atomic E-state index is 11.8. The van der Waals surface area contributed by atoms with Crippen molar-refractivity contribution in [3.05, 3.63) is 10.4 Å². The number of nitrogens with zero attached hydrogens (tertiary/aromatic N) is 4. The molecule has 1 fully saturated rings. The van der Waals surface area contributed by atoms with Gasteiger partial charge in [-0.3, -0.25) is 4.90 Å². The topological polar surface area (TPSA) is 116 Å². The van der Waals surface area contributed by atoms with E-state index in [9.17, 15) is 9.59 Å². The fourth-order valence-corrected chi connectivity index (χ4v) is 1.73. The number of rotatable bonds is 2. The van der Waals surface area contributed by atoms with Crippen LogP contribution in [0.15, 0.2) is 5.11 Å². The van der Waals surface area contributed by atoms with E-state index in [1.807, 2.05) is 0 Å². The second kappa shape index (κ2) is 5.14. The zero-order valence-corrected chi connectivity index (χ0v) is 10.5. The quantitative estimate of drug-likeness (QED) is 0.460. The Kier molecular flexibility index (Phi) is 4.03. The van der Waals surface area contributed by atoms with Crippen LogP contribution in [0.25, 0.3) is 10.4 Å². The van der Waals surface area contributed by atoms with E-state index in [2.05, 4.69) is 10.0 Å². The molecule has 1 aliphatic rings. The number of carboxylic acid groups (broad SMARTS) is 1. The maximum absolute atomic E-state index is 11.8. The molecule has 18 heavy (non-hydrogen) atoms. The van der Waals surface area contributed by atoms with Crippen molar-refractivity contribution in [3.8, 4) is 0 Å². The molecule has 8 heteroatoms. The summed E-state index contributed by atoms with van der Waals surface area (Å²) < 4.78 is 5.12. The third-order valence-electron chi connectivity index (χ3n) is 2.41. The lowest BCUT2D eigenvalue weighted by Gasteiger charge is -2.26. The van der Waals surface area contributed by atoms with Crippen molar-refractivity contribution in [2.45, 2.75) is 44.9 Å². The molecular formula is C10H16N4O4. The zero-order valence-electron chi connectivity index (χ0n) is 10.5. The molecule has 0 aromatic carbocycles. The smallest absolute Gasteiger partial charge is 0.411 e. The minimum Gasteiger partial charge on any atom is -0.480 e. The Balaban J connectivity index is 2.81. The lowest BCUT2D eigenvalue weighted by molar-refractivity contribution is -0.142. The van der Waals surface area contributed by atoms with Gasteiger partial charge >= 0.3 is 12.1 Å². The van der Waals surface area contributed by atoms with Crippen molar-refractivity contribution in [1.82, 2.24) is 4.90 Å². The van der Waals surface area contributed by atoms with Crippen LogP contribution >= 0.6 is 0 Å². The van der Waals surface area contributed by atoms with E-state index in [0.29, 0.717) is 0 Å². The molecule has 8 nitrogen and oxygen atoms in total. The molecule has 0 bridgehead atoms. The highest BCUT2D eigenvalue weighted by molar-refractivity contribution is 5.81. The summed E-state index contributed by atoms with van der Waals surface area (Å²) in [7, 11) is 0. The van der Waals surface area contributed by atoms with Crippen molar-refractivity contribution in [3.63, 3.8) is 0 Å². The van der Waals surface area contributed by atoms with Crippen molar-refractivity contribution < 1.29 is 19.4 Å². The summed E-state index contributed by atoms with van der Waals surface area (Å²) in [5.74, 6) is -1.13. The van der Waals surface area contributed by atoms with Gasteiger partial charge in [-0.05, 0) is 32.7 Å². The molecule has 100 valence electrons. The van der Waals surface area contributed by atoms with Crippen LogP contribution in [-0.2, 0) is 9.53 Å². The standard InChI is InChI=1S/C10H16N4O4/c1-10(2,3)18-9(17)14-5-6(12-13-11)4-7(14)8(15)16/h6-7H,4-5H2,1-3H3,(H,15,16)/t6-,7+/m1/s1. The Labute approximate surface area is 104 Å². The van der Waals surface area contributed by atoms with Crippen LogP contribution in [-0.4, -0.2) is 46.3 Å². The van der Waals surface area contributed by atoms with Crippen LogP contribution < -0.4 is 0 Å². The molecule has 1 amide bonds. The Morgan fingerprint density at radius 3 is 2.56 bits per heavy atom. The summed E-state index contributed by atoms with van der Waals surface area (Å²) in [5.41, 5.74) is 7.64. The largest absolute Gasteiger partial charge is 0.480 e. The van der Waals surface area contributed by atoms with Gasteiger partial charge in [-0.25, -0.2) is 9.59 Å². The fourth-order valence-electron chi connectivity index (χ4n) is 1.73. The van der Waals surface area contributed by atoms with Crippen LogP contribution in [0.3, 0.4) is 0 Å². The first-order valence-electron chi connectivity index (χ1n) is 5.51. The SMILES string of the molecule is CC(C)(C)OC(=O)N1C[C@H](N=[N+]=[N-])C[C@H]1C(=O)O. The summed E-state index contributed by atoms with van der Waals surface area (Å²) in [6.45, 7) is 5.15. The number of carboxylic acids is 1. The Bertz CT molecular complexity index is 397. The van der Waals surface area contributed by atoms with E-state index in [1.54, 1.807) is 20.8 Å². The Hall–Kier alpha value is -1.95. The molecule has 1 N–H and O–H groups in total. The lowest BCUT2D eigenvalue weighted by atomic mass is 10.2. The number of carbonyl (C=O) groups excluding carboxylic acids is 1. The summed E-state index contributed by atoms with van der Waals surface area (Å²) in [6, 6.07) is -1.53. The molecule has 0 spiro atoms. The van der Waals surface area contributed by atoms with Gasteiger partial charge < -0.3 is 9.84 Å². The normalized spacial score (nSPS) is 23.4. The first-order valence-corrected chi connectivity index (χ1v) is 5.51. The van der Waals surface area contributed by atoms with Gasteiger partial charge in [-0.2, -0.15) is 0 Å². The first kappa shape index (κ1) is 14.1. The van der Waals surface area contributed by atoms with Gasteiger partial charge in [-0.15, -0.1) is 0 Å². The molecule has 0 aliphatic carbocycles. The number of amides is 1. The van der Waals surface area contributed by atoms with Gasteiger partial charge in [0.15, 0.2) is 0 Å². The minimum absolute atomic E-state index is 0.0654. The van der Waals surface area contributed by atoms with Gasteiger partial charge in [0.2, 0.25) is 0 Å². The Morgan fingerprint density at radius 1 is 1.50 bits per heavy atom. The van der Waals surface area contributed by atoms with E-state index in [-0.39, 0.29) is 13.0 Å². The first-order chi connectivity index (χ1) is 8.24. The second-order valence-corrected chi connectivity index (χ2v) is 5.08. The molecule has 1 rings (SSSR count). The molecule has 0 aromatic heterocycles. The predicted molar refractivity (Wildman–Crippen MR) is 61.9 cm³/mol. The highest BCUT2D eigenvalue weighted by Crippen LogP contribution is 2.23. The number of ether oxygens (including phenoxy) is 1. The summed E-state index contributed by atoms with van der Waals surface area (Å²) in [6.07, 6.45) is -0.593. The van der Waals surface area contributed by atoms with Gasteiger partial charge in [0.25, 0.3) is 0 Å². The van der Waals surface area contributed by atoms with E-state index >= 15 is 0 Å². The maximum Gasteiger partial charge on any atom is 0.411 e. The lowest BCUT2D eigenvalue weighted by Crippen LogP contribution is -2.43. The second-order valence-electron chi connectivity index (χ2n) is 5.08. The Morgan fingerprint density at radius 2 is 2.11 bits per heavy atom. The number of azide groups is 1. The fraction of sp³-hybridized carbons (Fsp3) is 0.800. The van der Waals surface area contributed by atoms with Crippen LogP contribution in [0.4, 0.5) is 4.79 Å². The number of hydrogen-bond donors (Lipinski definition) is 1. The molecular weight excluding hydrogens is 240 g/mol. The summed E-state index contributed by atoms with van der Waals surface area (Å²) in [4.78, 5) is 26.6. The van der Waals surface area contributed by atoms with Gasteiger partial charge in [0.1, 0.15) is 11.6 Å². The average Bonchev–Trinajstić information content (AvgIpc) is 2.59. The average molecular weight is 256 g/mol. The van der Waals surface area contributed by atoms with Crippen LogP contribution in [0.5, 0.6) is 0 Å². The molecule has 0 saturated carbocycles. The van der Waals surface area contributed by atoms with Crippen molar-refractivity contribution in [2.75, 3.05) is 6.54 Å². The van der Waals surface area contributed by atoms with Crippen molar-refractivity contribution in [2.24, 2.45) is 5.11 Å². The highest BCUT2D eigenvalue weighted by atomic mass is 16.6. The number of aliphatic carboxylic acids is 1. The van der Waals surface area contributed by atoms with Crippen LogP contribution in [0, 0.1) is 0 Å². The number of carbonyl (C=O) groups is 2. The van der Waals surface area contributed by atoms with Crippen LogP contribution in [0.1, 0.15) is 27.2 Å². The van der Waals surface area contributed by atoms with E-state index in [0.717, 1.165) is 4.90 Å². The monoisotopic (exact) mass is 256 g/mol. The van der Waals surface area contributed by atoms with Crippen LogP contribution in [0.2, 0.25) is 0 Å². The van der Waals surface area contributed by atoms with E-state index in [1.165, 1.54) is 0 Å². The van der Waals surface area contributed by atoms with Gasteiger partial charge in [-0.1, -0.05) is 5.11 Å². The predicted octanol–water partition coefficient (Wildman–Crippen LogP) is 1.76. The minimum atomic E-state index is -1.13. The number of likely N-dealkylation sites (tertiary alicyclic amines) is 1. The molecule has 0 radical (unpaired) electrons. The summed E-state index contributed by atoms with van der Waals surface area (Å²) >= 11 is 0. The zero-order chi connectivity index (χ0) is 13.9.